The molecule has 17 heavy (non-hydrogen) atoms. The maximum atomic E-state index is 12.3. The second-order valence-electron chi connectivity index (χ2n) is 6.29. The van der Waals surface area contributed by atoms with Crippen LogP contribution in [0.2, 0.25) is 0 Å². The van der Waals surface area contributed by atoms with Crippen LogP contribution in [0.4, 0.5) is 0 Å². The minimum atomic E-state index is -0.299. The Kier molecular flexibility index (Phi) is 4.59. The summed E-state index contributed by atoms with van der Waals surface area (Å²) in [6, 6.07) is 0. The summed E-state index contributed by atoms with van der Waals surface area (Å²) < 4.78 is 0. The van der Waals surface area contributed by atoms with Gasteiger partial charge in [-0.25, -0.2) is 0 Å². The fraction of sp³-hybridized carbons (Fsp3) is 0.929. The Labute approximate surface area is 106 Å². The summed E-state index contributed by atoms with van der Waals surface area (Å²) in [5.74, 6) is 0.753. The molecular formula is C14H28N2O. The molecule has 1 amide bonds. The van der Waals surface area contributed by atoms with E-state index in [1.54, 1.807) is 0 Å². The molecule has 0 saturated carbocycles. The Balaban J connectivity index is 2.54. The molecular weight excluding hydrogens is 212 g/mol. The van der Waals surface area contributed by atoms with Crippen molar-refractivity contribution in [2.24, 2.45) is 11.3 Å². The number of amides is 1. The molecule has 0 spiro atoms. The molecule has 0 aromatic rings. The van der Waals surface area contributed by atoms with Gasteiger partial charge in [-0.05, 0) is 37.1 Å². The zero-order chi connectivity index (χ0) is 13.1. The third-order valence-electron chi connectivity index (χ3n) is 4.55. The van der Waals surface area contributed by atoms with Crippen LogP contribution in [0, 0.1) is 11.3 Å². The highest BCUT2D eigenvalue weighted by Crippen LogP contribution is 2.26. The molecule has 1 aliphatic heterocycles. The molecule has 1 aliphatic rings. The minimum absolute atomic E-state index is 0.156. The third-order valence-corrected chi connectivity index (χ3v) is 4.55. The lowest BCUT2D eigenvalue weighted by Gasteiger charge is -2.33. The molecule has 0 bridgehead atoms. The van der Waals surface area contributed by atoms with Gasteiger partial charge in [0.15, 0.2) is 0 Å². The molecule has 1 heterocycles. The molecule has 0 aromatic carbocycles. The van der Waals surface area contributed by atoms with Crippen molar-refractivity contribution in [1.82, 2.24) is 10.6 Å². The maximum Gasteiger partial charge on any atom is 0.240 e. The van der Waals surface area contributed by atoms with E-state index in [4.69, 9.17) is 0 Å². The average Bonchev–Trinajstić information content (AvgIpc) is 2.75. The number of carbonyl (C=O) groups excluding carboxylic acids is 1. The first-order valence-electron chi connectivity index (χ1n) is 6.87. The number of hydrogen-bond donors (Lipinski definition) is 2. The van der Waals surface area contributed by atoms with E-state index in [2.05, 4.69) is 45.3 Å². The molecule has 3 nitrogen and oxygen atoms in total. The van der Waals surface area contributed by atoms with Gasteiger partial charge >= 0.3 is 0 Å². The molecule has 3 heteroatoms. The quantitative estimate of drug-likeness (QED) is 0.774. The third kappa shape index (κ3) is 3.21. The molecule has 0 aromatic heterocycles. The first-order chi connectivity index (χ1) is 7.84. The Morgan fingerprint density at radius 2 is 2.12 bits per heavy atom. The number of carbonyl (C=O) groups is 1. The lowest BCUT2D eigenvalue weighted by molar-refractivity contribution is -0.127. The number of rotatable bonds is 5. The second-order valence-corrected chi connectivity index (χ2v) is 6.29. The molecule has 1 rings (SSSR count). The van der Waals surface area contributed by atoms with Gasteiger partial charge in [-0.15, -0.1) is 0 Å². The molecule has 0 aliphatic carbocycles. The monoisotopic (exact) mass is 240 g/mol. The largest absolute Gasteiger partial charge is 0.354 e. The fourth-order valence-electron chi connectivity index (χ4n) is 2.14. The number of hydrogen-bond acceptors (Lipinski definition) is 2. The van der Waals surface area contributed by atoms with Crippen LogP contribution in [-0.2, 0) is 4.79 Å². The van der Waals surface area contributed by atoms with Crippen LogP contribution in [0.25, 0.3) is 0 Å². The van der Waals surface area contributed by atoms with Gasteiger partial charge in [0.1, 0.15) is 0 Å². The first kappa shape index (κ1) is 14.5. The standard InChI is InChI=1S/C14H28N2O/c1-6-14(8-7-9-16-14)12(17)15-10-13(4,5)11(2)3/h11,16H,6-10H2,1-5H3,(H,15,17). The average molecular weight is 240 g/mol. The lowest BCUT2D eigenvalue weighted by atomic mass is 9.81. The Hall–Kier alpha value is -0.570. The molecule has 0 radical (unpaired) electrons. The van der Waals surface area contributed by atoms with Crippen molar-refractivity contribution in [2.75, 3.05) is 13.1 Å². The minimum Gasteiger partial charge on any atom is -0.354 e. The second kappa shape index (κ2) is 5.38. The van der Waals surface area contributed by atoms with E-state index in [0.29, 0.717) is 5.92 Å². The normalized spacial score (nSPS) is 25.3. The Bertz CT molecular complexity index is 265. The van der Waals surface area contributed by atoms with Crippen molar-refractivity contribution in [2.45, 2.75) is 59.4 Å². The van der Waals surface area contributed by atoms with Crippen molar-refractivity contribution in [3.05, 3.63) is 0 Å². The van der Waals surface area contributed by atoms with Crippen LogP contribution in [0.5, 0.6) is 0 Å². The zero-order valence-electron chi connectivity index (χ0n) is 12.0. The van der Waals surface area contributed by atoms with Crippen molar-refractivity contribution >= 4 is 5.91 Å². The van der Waals surface area contributed by atoms with Gasteiger partial charge in [-0.2, -0.15) is 0 Å². The summed E-state index contributed by atoms with van der Waals surface area (Å²) in [4.78, 5) is 12.3. The van der Waals surface area contributed by atoms with Gasteiger partial charge in [-0.1, -0.05) is 34.6 Å². The van der Waals surface area contributed by atoms with Crippen molar-refractivity contribution in [3.8, 4) is 0 Å². The van der Waals surface area contributed by atoms with Gasteiger partial charge in [0.2, 0.25) is 5.91 Å². The molecule has 1 fully saturated rings. The summed E-state index contributed by atoms with van der Waals surface area (Å²) >= 11 is 0. The Morgan fingerprint density at radius 1 is 1.47 bits per heavy atom. The smallest absolute Gasteiger partial charge is 0.240 e. The van der Waals surface area contributed by atoms with Crippen LogP contribution >= 0.6 is 0 Å². The first-order valence-corrected chi connectivity index (χ1v) is 6.87. The van der Waals surface area contributed by atoms with E-state index in [-0.39, 0.29) is 16.9 Å². The van der Waals surface area contributed by atoms with E-state index >= 15 is 0 Å². The molecule has 100 valence electrons. The predicted molar refractivity (Wildman–Crippen MR) is 71.9 cm³/mol. The van der Waals surface area contributed by atoms with Crippen LogP contribution in [0.3, 0.4) is 0 Å². The van der Waals surface area contributed by atoms with Gasteiger partial charge in [0, 0.05) is 6.54 Å². The van der Waals surface area contributed by atoms with E-state index in [0.717, 1.165) is 32.4 Å². The van der Waals surface area contributed by atoms with Crippen molar-refractivity contribution in [3.63, 3.8) is 0 Å². The van der Waals surface area contributed by atoms with E-state index in [1.807, 2.05) is 0 Å². The zero-order valence-corrected chi connectivity index (χ0v) is 12.0. The van der Waals surface area contributed by atoms with Crippen LogP contribution in [-0.4, -0.2) is 24.5 Å². The summed E-state index contributed by atoms with van der Waals surface area (Å²) in [6.07, 6.45) is 2.95. The maximum absolute atomic E-state index is 12.3. The van der Waals surface area contributed by atoms with Gasteiger partial charge in [0.05, 0.1) is 5.54 Å². The number of nitrogens with one attached hydrogen (secondary N) is 2. The van der Waals surface area contributed by atoms with Crippen molar-refractivity contribution < 1.29 is 4.79 Å². The van der Waals surface area contributed by atoms with E-state index in [9.17, 15) is 4.79 Å². The van der Waals surface area contributed by atoms with Crippen LogP contribution in [0.15, 0.2) is 0 Å². The van der Waals surface area contributed by atoms with Gasteiger partial charge in [0.25, 0.3) is 0 Å². The van der Waals surface area contributed by atoms with Gasteiger partial charge in [-0.3, -0.25) is 4.79 Å². The van der Waals surface area contributed by atoms with E-state index < -0.39 is 0 Å². The summed E-state index contributed by atoms with van der Waals surface area (Å²) in [5, 5.41) is 6.51. The fourth-order valence-corrected chi connectivity index (χ4v) is 2.14. The van der Waals surface area contributed by atoms with Crippen LogP contribution < -0.4 is 10.6 Å². The highest BCUT2D eigenvalue weighted by Gasteiger charge is 2.39. The van der Waals surface area contributed by atoms with E-state index in [1.165, 1.54) is 0 Å². The van der Waals surface area contributed by atoms with Crippen molar-refractivity contribution in [1.29, 1.82) is 0 Å². The summed E-state index contributed by atoms with van der Waals surface area (Å²) in [6.45, 7) is 12.6. The SMILES string of the molecule is CCC1(C(=O)NCC(C)(C)C(C)C)CCCN1. The molecule has 1 atom stereocenters. The molecule has 2 N–H and O–H groups in total. The summed E-state index contributed by atoms with van der Waals surface area (Å²) in [7, 11) is 0. The van der Waals surface area contributed by atoms with Gasteiger partial charge < -0.3 is 10.6 Å². The Morgan fingerprint density at radius 3 is 2.53 bits per heavy atom. The predicted octanol–water partition coefficient (Wildman–Crippen LogP) is 2.32. The highest BCUT2D eigenvalue weighted by atomic mass is 16.2. The molecule has 1 unspecified atom stereocenters. The summed E-state index contributed by atoms with van der Waals surface area (Å²) in [5.41, 5.74) is -0.143. The van der Waals surface area contributed by atoms with Crippen LogP contribution in [0.1, 0.15) is 53.9 Å². The highest BCUT2D eigenvalue weighted by molar-refractivity contribution is 5.86. The molecule has 1 saturated heterocycles. The topological polar surface area (TPSA) is 41.1 Å². The lowest BCUT2D eigenvalue weighted by Crippen LogP contribution is -2.54.